The van der Waals surface area contributed by atoms with Crippen LogP contribution < -0.4 is 10.6 Å². The normalized spacial score (nSPS) is 22.5. The minimum absolute atomic E-state index is 0.0339. The van der Waals surface area contributed by atoms with E-state index < -0.39 is 0 Å². The number of benzene rings is 1. The van der Waals surface area contributed by atoms with Gasteiger partial charge in [0.15, 0.2) is 5.82 Å². The van der Waals surface area contributed by atoms with Gasteiger partial charge < -0.3 is 25.4 Å². The molecule has 4 rings (SSSR count). The summed E-state index contributed by atoms with van der Waals surface area (Å²) >= 11 is 0. The molecule has 0 unspecified atom stereocenters. The number of piperazine rings is 1. The zero-order chi connectivity index (χ0) is 19.7. The number of ether oxygens (including phenoxy) is 1. The van der Waals surface area contributed by atoms with Crippen LogP contribution in [-0.4, -0.2) is 64.5 Å². The molecule has 2 saturated heterocycles. The molecular formula is C20H25N5O3. The first kappa shape index (κ1) is 18.5. The number of carbonyl (C=O) groups excluding carboxylic acids is 1. The molecule has 2 aliphatic heterocycles. The summed E-state index contributed by atoms with van der Waals surface area (Å²) in [6, 6.07) is 8.89. The molecule has 0 saturated carbocycles. The average molecular weight is 383 g/mol. The summed E-state index contributed by atoms with van der Waals surface area (Å²) in [6.07, 6.45) is 1.45. The predicted octanol–water partition coefficient (Wildman–Crippen LogP) is 1.65. The lowest BCUT2D eigenvalue weighted by Gasteiger charge is -2.41. The number of phenolic OH excluding ortho intramolecular Hbond substituents is 1. The van der Waals surface area contributed by atoms with Crippen LogP contribution >= 0.6 is 0 Å². The second-order valence-electron chi connectivity index (χ2n) is 7.35. The van der Waals surface area contributed by atoms with Crippen molar-refractivity contribution < 1.29 is 14.6 Å². The number of aromatic nitrogens is 2. The van der Waals surface area contributed by atoms with Crippen molar-refractivity contribution in [2.75, 3.05) is 36.9 Å². The number of nitrogens with zero attached hydrogens (tertiary/aromatic N) is 4. The Labute approximate surface area is 163 Å². The first-order valence-electron chi connectivity index (χ1n) is 9.63. The van der Waals surface area contributed by atoms with E-state index in [1.54, 1.807) is 18.2 Å². The van der Waals surface area contributed by atoms with E-state index in [1.165, 1.54) is 0 Å². The first-order valence-corrected chi connectivity index (χ1v) is 9.63. The summed E-state index contributed by atoms with van der Waals surface area (Å²) in [5.74, 6) is 0.568. The molecule has 0 aliphatic carbocycles. The second-order valence-corrected chi connectivity index (χ2v) is 7.35. The number of nitrogen functional groups attached to an aromatic ring is 1. The van der Waals surface area contributed by atoms with Crippen LogP contribution in [0.1, 0.15) is 19.8 Å². The molecule has 0 spiro atoms. The van der Waals surface area contributed by atoms with Crippen LogP contribution in [0, 0.1) is 0 Å². The predicted molar refractivity (Wildman–Crippen MR) is 106 cm³/mol. The maximum absolute atomic E-state index is 12.7. The summed E-state index contributed by atoms with van der Waals surface area (Å²) in [6.45, 7) is 4.61. The molecule has 1 amide bonds. The van der Waals surface area contributed by atoms with E-state index in [9.17, 15) is 9.90 Å². The van der Waals surface area contributed by atoms with Crippen LogP contribution in [0.4, 0.5) is 11.5 Å². The molecular weight excluding hydrogens is 358 g/mol. The van der Waals surface area contributed by atoms with E-state index in [2.05, 4.69) is 15.1 Å². The summed E-state index contributed by atoms with van der Waals surface area (Å²) in [5, 5.41) is 18.3. The number of aromatic hydroxyl groups is 1. The molecule has 1 aromatic carbocycles. The van der Waals surface area contributed by atoms with Gasteiger partial charge in [0.2, 0.25) is 0 Å². The fourth-order valence-corrected chi connectivity index (χ4v) is 3.93. The van der Waals surface area contributed by atoms with Gasteiger partial charge in [-0.25, -0.2) is 0 Å². The molecule has 3 heterocycles. The minimum atomic E-state index is -0.297. The van der Waals surface area contributed by atoms with Gasteiger partial charge in [0, 0.05) is 37.8 Å². The van der Waals surface area contributed by atoms with E-state index >= 15 is 0 Å². The largest absolute Gasteiger partial charge is 0.507 e. The fourth-order valence-electron chi connectivity index (χ4n) is 3.93. The molecule has 0 radical (unpaired) electrons. The maximum atomic E-state index is 12.7. The monoisotopic (exact) mass is 383 g/mol. The highest BCUT2D eigenvalue weighted by Crippen LogP contribution is 2.32. The highest BCUT2D eigenvalue weighted by molar-refractivity contribution is 5.82. The Balaban J connectivity index is 1.53. The zero-order valence-electron chi connectivity index (χ0n) is 15.9. The topological polar surface area (TPSA) is 105 Å². The van der Waals surface area contributed by atoms with Crippen LogP contribution in [0.25, 0.3) is 11.3 Å². The van der Waals surface area contributed by atoms with E-state index in [4.69, 9.17) is 10.5 Å². The van der Waals surface area contributed by atoms with Gasteiger partial charge in [-0.15, -0.1) is 10.2 Å². The van der Waals surface area contributed by atoms with Crippen molar-refractivity contribution >= 4 is 17.4 Å². The summed E-state index contributed by atoms with van der Waals surface area (Å²) in [7, 11) is 0. The Morgan fingerprint density at radius 3 is 2.82 bits per heavy atom. The van der Waals surface area contributed by atoms with Crippen LogP contribution in [0.2, 0.25) is 0 Å². The van der Waals surface area contributed by atoms with Gasteiger partial charge in [-0.1, -0.05) is 12.1 Å². The summed E-state index contributed by atoms with van der Waals surface area (Å²) in [5.41, 5.74) is 8.04. The van der Waals surface area contributed by atoms with Crippen molar-refractivity contribution in [2.45, 2.75) is 31.9 Å². The van der Waals surface area contributed by atoms with Crippen LogP contribution in [0.3, 0.4) is 0 Å². The number of rotatable bonds is 3. The first-order chi connectivity index (χ1) is 13.5. The quantitative estimate of drug-likeness (QED) is 0.830. The molecule has 2 aliphatic rings. The second kappa shape index (κ2) is 7.63. The zero-order valence-corrected chi connectivity index (χ0v) is 15.9. The molecule has 2 aromatic rings. The van der Waals surface area contributed by atoms with E-state index in [-0.39, 0.29) is 23.8 Å². The Hall–Kier alpha value is -2.87. The third-order valence-electron chi connectivity index (χ3n) is 5.44. The van der Waals surface area contributed by atoms with Crippen LogP contribution in [-0.2, 0) is 9.53 Å². The molecule has 148 valence electrons. The van der Waals surface area contributed by atoms with Crippen molar-refractivity contribution in [2.24, 2.45) is 0 Å². The molecule has 2 fully saturated rings. The van der Waals surface area contributed by atoms with Crippen molar-refractivity contribution in [1.29, 1.82) is 0 Å². The number of phenols is 1. The molecule has 2 atom stereocenters. The lowest BCUT2D eigenvalue weighted by Crippen LogP contribution is -2.56. The Bertz CT molecular complexity index is 869. The standard InChI is InChI=1S/C20H25N5O3/c1-13-12-24(8-9-25(13)20(27)18-7-4-10-28-18)16-11-15(22-23-19(16)21)14-5-2-3-6-17(14)26/h2-3,5-6,11,13,18,26H,4,7-10,12H2,1H3,(H2,21,23)/t13-,18+/m1/s1. The molecule has 28 heavy (non-hydrogen) atoms. The maximum Gasteiger partial charge on any atom is 0.252 e. The van der Waals surface area contributed by atoms with Gasteiger partial charge in [-0.3, -0.25) is 4.79 Å². The van der Waals surface area contributed by atoms with E-state index in [1.807, 2.05) is 24.0 Å². The van der Waals surface area contributed by atoms with Crippen LogP contribution in [0.15, 0.2) is 30.3 Å². The number of hydrogen-bond donors (Lipinski definition) is 2. The third kappa shape index (κ3) is 3.47. The number of anilines is 2. The highest BCUT2D eigenvalue weighted by atomic mass is 16.5. The Morgan fingerprint density at radius 2 is 2.11 bits per heavy atom. The summed E-state index contributed by atoms with van der Waals surface area (Å²) < 4.78 is 5.56. The molecule has 0 bridgehead atoms. The van der Waals surface area contributed by atoms with Crippen molar-refractivity contribution in [3.8, 4) is 17.0 Å². The highest BCUT2D eigenvalue weighted by Gasteiger charge is 2.34. The fraction of sp³-hybridized carbons (Fsp3) is 0.450. The lowest BCUT2D eigenvalue weighted by molar-refractivity contribution is -0.143. The van der Waals surface area contributed by atoms with Gasteiger partial charge in [0.05, 0.1) is 11.4 Å². The number of hydrogen-bond acceptors (Lipinski definition) is 7. The van der Waals surface area contributed by atoms with Crippen molar-refractivity contribution in [3.05, 3.63) is 30.3 Å². The average Bonchev–Trinajstić information content (AvgIpc) is 3.23. The van der Waals surface area contributed by atoms with Gasteiger partial charge in [0.25, 0.3) is 5.91 Å². The van der Waals surface area contributed by atoms with Crippen LogP contribution in [0.5, 0.6) is 5.75 Å². The Morgan fingerprint density at radius 1 is 1.29 bits per heavy atom. The number of carbonyl (C=O) groups is 1. The molecule has 8 nitrogen and oxygen atoms in total. The Kier molecular flexibility index (Phi) is 5.04. The minimum Gasteiger partial charge on any atom is -0.507 e. The molecule has 3 N–H and O–H groups in total. The number of para-hydroxylation sites is 1. The lowest BCUT2D eigenvalue weighted by atomic mass is 10.1. The van der Waals surface area contributed by atoms with Crippen molar-refractivity contribution in [3.63, 3.8) is 0 Å². The SMILES string of the molecule is C[C@@H]1CN(c2cc(-c3ccccc3O)nnc2N)CCN1C(=O)[C@@H]1CCCO1. The number of amides is 1. The molecule has 8 heteroatoms. The van der Waals surface area contributed by atoms with Crippen molar-refractivity contribution in [1.82, 2.24) is 15.1 Å². The number of nitrogens with two attached hydrogens (primary N) is 1. The summed E-state index contributed by atoms with van der Waals surface area (Å²) in [4.78, 5) is 16.7. The molecule has 1 aromatic heterocycles. The third-order valence-corrected chi connectivity index (χ3v) is 5.44. The van der Waals surface area contributed by atoms with Gasteiger partial charge >= 0.3 is 0 Å². The van der Waals surface area contributed by atoms with E-state index in [0.29, 0.717) is 43.3 Å². The smallest absolute Gasteiger partial charge is 0.252 e. The van der Waals surface area contributed by atoms with Gasteiger partial charge in [-0.2, -0.15) is 0 Å². The van der Waals surface area contributed by atoms with Gasteiger partial charge in [0.1, 0.15) is 11.9 Å². The van der Waals surface area contributed by atoms with Gasteiger partial charge in [-0.05, 0) is 38.0 Å². The van der Waals surface area contributed by atoms with E-state index in [0.717, 1.165) is 18.5 Å².